The standard InChI is InChI=1S/C45H72N16O15/c1-43(2,3)74-40(68)49-31(37(65)71-10)19-34(62)46-22-28-25-59(55-52-28)16-13-58(14-17-60-26-29(53-56-60)23-47-35(63)20-32(38(66)72-11)50-41(69)75-44(4,5)6)15-18-61-27-30(54-57-61)24-48-36(64)21-33(39(67)73-12)51-42(70)76-45(7,8)9/h25-27,31-33H,13-24H2,1-12H3,(H,46,62)(H,47,63)(H,48,64)(H,49,68)(H,50,69)(H,51,70)/t31-,32-,33-/m0/s1. The molecule has 3 rings (SSSR count). The maximum atomic E-state index is 12.8. The van der Waals surface area contributed by atoms with E-state index in [4.69, 9.17) is 28.4 Å². The number of nitrogens with one attached hydrogen (secondary N) is 6. The number of rotatable bonds is 27. The Labute approximate surface area is 438 Å². The molecule has 6 amide bonds. The minimum atomic E-state index is -1.31. The molecule has 0 saturated carbocycles. The number of aromatic nitrogens is 9. The van der Waals surface area contributed by atoms with Gasteiger partial charge in [0.15, 0.2) is 0 Å². The predicted octanol–water partition coefficient (Wildman–Crippen LogP) is -0.619. The SMILES string of the molecule is COC(=O)[C@H](CC(=O)NCc1cn(CCN(CCn2cc(CNC(=O)C[C@H](NC(=O)OC(C)(C)C)C(=O)OC)nn2)CCn2cc(CNC(=O)C[C@H](NC(=O)OC(C)(C)C)C(=O)OC)nn2)nn1)NC(=O)OC(C)(C)C. The number of amides is 6. The van der Waals surface area contributed by atoms with Crippen molar-refractivity contribution in [2.75, 3.05) is 41.0 Å². The number of esters is 3. The Bertz CT molecular complexity index is 2170. The molecular formula is C45H72N16O15. The lowest BCUT2D eigenvalue weighted by atomic mass is 10.2. The molecule has 6 N–H and O–H groups in total. The molecule has 3 heterocycles. The lowest BCUT2D eigenvalue weighted by Crippen LogP contribution is -2.46. The molecule has 0 aliphatic rings. The van der Waals surface area contributed by atoms with Crippen LogP contribution in [-0.2, 0) is 96.5 Å². The van der Waals surface area contributed by atoms with Crippen molar-refractivity contribution in [2.24, 2.45) is 0 Å². The van der Waals surface area contributed by atoms with Crippen molar-refractivity contribution in [1.82, 2.24) is 81.8 Å². The minimum absolute atomic E-state index is 0.0449. The van der Waals surface area contributed by atoms with Gasteiger partial charge in [0.25, 0.3) is 0 Å². The van der Waals surface area contributed by atoms with Gasteiger partial charge in [0.05, 0.1) is 98.5 Å². The first-order chi connectivity index (χ1) is 35.5. The van der Waals surface area contributed by atoms with Crippen LogP contribution in [-0.4, -0.2) is 180 Å². The zero-order valence-electron chi connectivity index (χ0n) is 45.0. The van der Waals surface area contributed by atoms with E-state index in [1.165, 1.54) is 0 Å². The van der Waals surface area contributed by atoms with Gasteiger partial charge in [-0.3, -0.25) is 33.3 Å². The van der Waals surface area contributed by atoms with E-state index in [0.717, 1.165) is 21.3 Å². The van der Waals surface area contributed by atoms with E-state index < -0.39 is 108 Å². The number of methoxy groups -OCH3 is 3. The first-order valence-corrected chi connectivity index (χ1v) is 23.9. The second kappa shape index (κ2) is 29.2. The molecule has 31 nitrogen and oxygen atoms in total. The van der Waals surface area contributed by atoms with Crippen molar-refractivity contribution in [2.45, 2.75) is 156 Å². The van der Waals surface area contributed by atoms with Gasteiger partial charge in [-0.15, -0.1) is 15.3 Å². The van der Waals surface area contributed by atoms with E-state index in [1.807, 2.05) is 0 Å². The zero-order chi connectivity index (χ0) is 56.8. The lowest BCUT2D eigenvalue weighted by molar-refractivity contribution is -0.145. The summed E-state index contributed by atoms with van der Waals surface area (Å²) in [6, 6.07) is -3.92. The van der Waals surface area contributed by atoms with Gasteiger partial charge in [-0.1, -0.05) is 15.6 Å². The summed E-state index contributed by atoms with van der Waals surface area (Å²) in [6.07, 6.45) is 0.915. The second-order valence-electron chi connectivity index (χ2n) is 19.9. The minimum Gasteiger partial charge on any atom is -0.467 e. The largest absolute Gasteiger partial charge is 0.467 e. The zero-order valence-corrected chi connectivity index (χ0v) is 45.0. The molecule has 0 radical (unpaired) electrons. The fraction of sp³-hybridized carbons (Fsp3) is 0.667. The van der Waals surface area contributed by atoms with Gasteiger partial charge in [0.1, 0.15) is 52.0 Å². The Kier molecular flexibility index (Phi) is 23.9. The summed E-state index contributed by atoms with van der Waals surface area (Å²) >= 11 is 0. The fourth-order valence-electron chi connectivity index (χ4n) is 6.35. The number of carbonyl (C=O) groups is 9. The normalized spacial score (nSPS) is 12.8. The molecule has 0 spiro atoms. The molecule has 3 aromatic rings. The van der Waals surface area contributed by atoms with Crippen LogP contribution in [0.3, 0.4) is 0 Å². The topological polar surface area (TPSA) is 377 Å². The third-order valence-corrected chi connectivity index (χ3v) is 9.79. The predicted molar refractivity (Wildman–Crippen MR) is 261 cm³/mol. The summed E-state index contributed by atoms with van der Waals surface area (Å²) in [6.45, 7) is 17.0. The van der Waals surface area contributed by atoms with Crippen LogP contribution in [0, 0.1) is 0 Å². The molecule has 3 atom stereocenters. The highest BCUT2D eigenvalue weighted by Gasteiger charge is 2.30. The smallest absolute Gasteiger partial charge is 0.408 e. The maximum absolute atomic E-state index is 12.8. The van der Waals surface area contributed by atoms with Crippen LogP contribution in [0.5, 0.6) is 0 Å². The molecule has 0 fully saturated rings. The monoisotopic (exact) mass is 1080 g/mol. The van der Waals surface area contributed by atoms with Crippen LogP contribution in [0.15, 0.2) is 18.6 Å². The van der Waals surface area contributed by atoms with E-state index in [-0.39, 0.29) is 19.6 Å². The summed E-state index contributed by atoms with van der Waals surface area (Å²) < 4.78 is 34.5. The van der Waals surface area contributed by atoms with Crippen molar-refractivity contribution in [1.29, 1.82) is 0 Å². The Morgan fingerprint density at radius 2 is 0.711 bits per heavy atom. The first-order valence-electron chi connectivity index (χ1n) is 23.9. The van der Waals surface area contributed by atoms with E-state index in [0.29, 0.717) is 56.4 Å². The van der Waals surface area contributed by atoms with Crippen LogP contribution < -0.4 is 31.9 Å². The second-order valence-corrected chi connectivity index (χ2v) is 19.9. The Morgan fingerprint density at radius 1 is 0.461 bits per heavy atom. The molecule has 0 aliphatic carbocycles. The molecule has 0 aromatic carbocycles. The summed E-state index contributed by atoms with van der Waals surface area (Å²) in [5.74, 6) is -4.25. The third-order valence-electron chi connectivity index (χ3n) is 9.79. The Morgan fingerprint density at radius 3 is 0.934 bits per heavy atom. The first kappa shape index (κ1) is 62.3. The van der Waals surface area contributed by atoms with Gasteiger partial charge in [-0.25, -0.2) is 28.8 Å². The van der Waals surface area contributed by atoms with Crippen molar-refractivity contribution < 1.29 is 71.6 Å². The van der Waals surface area contributed by atoms with Crippen molar-refractivity contribution in [3.05, 3.63) is 35.7 Å². The lowest BCUT2D eigenvalue weighted by Gasteiger charge is -2.22. The Balaban J connectivity index is 1.66. The summed E-state index contributed by atoms with van der Waals surface area (Å²) in [7, 11) is 3.38. The van der Waals surface area contributed by atoms with E-state index in [1.54, 1.807) is 94.9 Å². The Hall–Kier alpha value is -7.99. The van der Waals surface area contributed by atoms with Crippen LogP contribution in [0.1, 0.15) is 98.7 Å². The maximum Gasteiger partial charge on any atom is 0.408 e. The highest BCUT2D eigenvalue weighted by atomic mass is 16.6. The quantitative estimate of drug-likeness (QED) is 0.0409. The van der Waals surface area contributed by atoms with Crippen LogP contribution >= 0.6 is 0 Å². The van der Waals surface area contributed by atoms with Gasteiger partial charge in [0, 0.05) is 19.6 Å². The molecule has 0 saturated heterocycles. The summed E-state index contributed by atoms with van der Waals surface area (Å²) in [5, 5.41) is 40.0. The van der Waals surface area contributed by atoms with Gasteiger partial charge < -0.3 is 60.3 Å². The van der Waals surface area contributed by atoms with Crippen LogP contribution in [0.4, 0.5) is 14.4 Å². The van der Waals surface area contributed by atoms with E-state index >= 15 is 0 Å². The molecule has 76 heavy (non-hydrogen) atoms. The highest BCUT2D eigenvalue weighted by molar-refractivity contribution is 5.89. The van der Waals surface area contributed by atoms with E-state index in [9.17, 15) is 43.2 Å². The van der Waals surface area contributed by atoms with E-state index in [2.05, 4.69) is 67.7 Å². The molecular weight excluding hydrogens is 1000 g/mol. The average molecular weight is 1080 g/mol. The number of carbonyl (C=O) groups excluding carboxylic acids is 9. The highest BCUT2D eigenvalue weighted by Crippen LogP contribution is 2.11. The van der Waals surface area contributed by atoms with Crippen molar-refractivity contribution in [3.63, 3.8) is 0 Å². The number of alkyl carbamates (subject to hydrolysis) is 3. The third kappa shape index (κ3) is 24.8. The van der Waals surface area contributed by atoms with Crippen LogP contribution in [0.25, 0.3) is 0 Å². The molecule has 3 aromatic heterocycles. The number of hydrogen-bond donors (Lipinski definition) is 6. The van der Waals surface area contributed by atoms with Gasteiger partial charge >= 0.3 is 36.2 Å². The summed E-state index contributed by atoms with van der Waals surface area (Å²) in [5.41, 5.74) is -1.32. The molecule has 0 aliphatic heterocycles. The molecule has 0 bridgehead atoms. The van der Waals surface area contributed by atoms with Gasteiger partial charge in [0.2, 0.25) is 17.7 Å². The summed E-state index contributed by atoms with van der Waals surface area (Å²) in [4.78, 5) is 114. The van der Waals surface area contributed by atoms with Crippen LogP contribution in [0.2, 0.25) is 0 Å². The average Bonchev–Trinajstić information content (AvgIpc) is 4.10. The van der Waals surface area contributed by atoms with Crippen molar-refractivity contribution >= 4 is 53.9 Å². The number of nitrogens with zero attached hydrogens (tertiary/aromatic N) is 10. The molecule has 0 unspecified atom stereocenters. The molecule has 422 valence electrons. The van der Waals surface area contributed by atoms with Gasteiger partial charge in [-0.2, -0.15) is 0 Å². The fourth-order valence-corrected chi connectivity index (χ4v) is 6.35. The molecule has 31 heteroatoms. The van der Waals surface area contributed by atoms with Crippen molar-refractivity contribution in [3.8, 4) is 0 Å². The number of ether oxygens (including phenoxy) is 6. The van der Waals surface area contributed by atoms with Gasteiger partial charge in [-0.05, 0) is 62.3 Å². The number of hydrogen-bond acceptors (Lipinski definition) is 22.